The molecule has 2 amide bonds. The Kier molecular flexibility index (Phi) is 3.71. The van der Waals surface area contributed by atoms with Crippen molar-refractivity contribution in [3.8, 4) is 0 Å². The molecular formula is C14H22N4O. The number of amides is 2. The number of hydrogen-bond donors (Lipinski definition) is 2. The Balaban J connectivity index is 1.48. The lowest BCUT2D eigenvalue weighted by Crippen LogP contribution is -2.47. The standard InChI is InChI=1S/C14H22N4O/c19-14(17-12-3-1-2-4-12)18-9-5-11(6-10-18)13-15-7-8-16-13/h7-8,11-12H,1-6,9-10H2,(H,15,16)(H,17,19). The first-order valence-corrected chi connectivity index (χ1v) is 7.37. The van der Waals surface area contributed by atoms with Gasteiger partial charge in [-0.1, -0.05) is 12.8 Å². The van der Waals surface area contributed by atoms with Gasteiger partial charge in [0.2, 0.25) is 0 Å². The van der Waals surface area contributed by atoms with Crippen molar-refractivity contribution in [1.29, 1.82) is 0 Å². The molecule has 2 heterocycles. The zero-order chi connectivity index (χ0) is 13.1. The van der Waals surface area contributed by atoms with Gasteiger partial charge in [0, 0.05) is 37.4 Å². The number of aromatic nitrogens is 2. The van der Waals surface area contributed by atoms with E-state index in [0.29, 0.717) is 12.0 Å². The number of urea groups is 1. The summed E-state index contributed by atoms with van der Waals surface area (Å²) in [5, 5.41) is 3.16. The number of nitrogens with zero attached hydrogens (tertiary/aromatic N) is 2. The maximum Gasteiger partial charge on any atom is 0.317 e. The van der Waals surface area contributed by atoms with Crippen LogP contribution in [0.5, 0.6) is 0 Å². The van der Waals surface area contributed by atoms with Crippen LogP contribution in [-0.2, 0) is 0 Å². The lowest BCUT2D eigenvalue weighted by Gasteiger charge is -2.32. The SMILES string of the molecule is O=C(NC1CCCC1)N1CCC(c2ncc[nH]2)CC1. The van der Waals surface area contributed by atoms with E-state index in [2.05, 4.69) is 15.3 Å². The fourth-order valence-electron chi connectivity index (χ4n) is 3.19. The molecule has 1 saturated heterocycles. The Morgan fingerprint density at radius 1 is 1.26 bits per heavy atom. The maximum atomic E-state index is 12.1. The maximum absolute atomic E-state index is 12.1. The third-order valence-electron chi connectivity index (χ3n) is 4.37. The van der Waals surface area contributed by atoms with Crippen molar-refractivity contribution in [3.05, 3.63) is 18.2 Å². The number of imidazole rings is 1. The fourth-order valence-corrected chi connectivity index (χ4v) is 3.19. The van der Waals surface area contributed by atoms with E-state index in [1.165, 1.54) is 12.8 Å². The van der Waals surface area contributed by atoms with Crippen molar-refractivity contribution in [2.75, 3.05) is 13.1 Å². The predicted molar refractivity (Wildman–Crippen MR) is 72.9 cm³/mol. The summed E-state index contributed by atoms with van der Waals surface area (Å²) in [7, 11) is 0. The molecule has 5 nitrogen and oxygen atoms in total. The van der Waals surface area contributed by atoms with Crippen molar-refractivity contribution in [3.63, 3.8) is 0 Å². The predicted octanol–water partition coefficient (Wildman–Crippen LogP) is 2.24. The van der Waals surface area contributed by atoms with E-state index in [9.17, 15) is 4.79 Å². The van der Waals surface area contributed by atoms with Crippen LogP contribution in [0.15, 0.2) is 12.4 Å². The summed E-state index contributed by atoms with van der Waals surface area (Å²) in [6, 6.07) is 0.542. The van der Waals surface area contributed by atoms with Crippen LogP contribution < -0.4 is 5.32 Å². The van der Waals surface area contributed by atoms with Crippen LogP contribution in [0.25, 0.3) is 0 Å². The minimum atomic E-state index is 0.129. The first-order chi connectivity index (χ1) is 9.33. The average Bonchev–Trinajstić information content (AvgIpc) is 3.12. The molecule has 104 valence electrons. The normalized spacial score (nSPS) is 21.8. The van der Waals surface area contributed by atoms with Gasteiger partial charge in [0.1, 0.15) is 5.82 Å². The second-order valence-electron chi connectivity index (χ2n) is 5.67. The summed E-state index contributed by atoms with van der Waals surface area (Å²) in [5.41, 5.74) is 0. The van der Waals surface area contributed by atoms with Crippen LogP contribution in [0.3, 0.4) is 0 Å². The van der Waals surface area contributed by atoms with Gasteiger partial charge in [0.15, 0.2) is 0 Å². The van der Waals surface area contributed by atoms with Gasteiger partial charge in [-0.05, 0) is 25.7 Å². The second kappa shape index (κ2) is 5.63. The Labute approximate surface area is 113 Å². The highest BCUT2D eigenvalue weighted by atomic mass is 16.2. The van der Waals surface area contributed by atoms with Gasteiger partial charge in [-0.2, -0.15) is 0 Å². The minimum Gasteiger partial charge on any atom is -0.348 e. The molecule has 1 aromatic heterocycles. The Hall–Kier alpha value is -1.52. The summed E-state index contributed by atoms with van der Waals surface area (Å²) in [6.07, 6.45) is 10.5. The molecule has 2 N–H and O–H groups in total. The van der Waals surface area contributed by atoms with Crippen LogP contribution in [0.4, 0.5) is 4.79 Å². The molecule has 2 aliphatic rings. The van der Waals surface area contributed by atoms with E-state index in [1.54, 1.807) is 6.20 Å². The second-order valence-corrected chi connectivity index (χ2v) is 5.67. The molecule has 0 spiro atoms. The first-order valence-electron chi connectivity index (χ1n) is 7.37. The number of aromatic amines is 1. The Morgan fingerprint density at radius 3 is 2.63 bits per heavy atom. The Bertz CT molecular complexity index is 403. The van der Waals surface area contributed by atoms with E-state index in [-0.39, 0.29) is 6.03 Å². The van der Waals surface area contributed by atoms with Crippen LogP contribution in [-0.4, -0.2) is 40.0 Å². The molecule has 5 heteroatoms. The van der Waals surface area contributed by atoms with Gasteiger partial charge in [0.05, 0.1) is 0 Å². The zero-order valence-electron chi connectivity index (χ0n) is 11.3. The minimum absolute atomic E-state index is 0.129. The van der Waals surface area contributed by atoms with Gasteiger partial charge in [-0.3, -0.25) is 0 Å². The van der Waals surface area contributed by atoms with Crippen molar-refractivity contribution >= 4 is 6.03 Å². The molecule has 3 rings (SSSR count). The largest absolute Gasteiger partial charge is 0.348 e. The number of likely N-dealkylation sites (tertiary alicyclic amines) is 1. The molecule has 1 saturated carbocycles. The van der Waals surface area contributed by atoms with E-state index < -0.39 is 0 Å². The highest BCUT2D eigenvalue weighted by Gasteiger charge is 2.26. The molecule has 0 unspecified atom stereocenters. The summed E-state index contributed by atoms with van der Waals surface area (Å²) in [5.74, 6) is 1.54. The first kappa shape index (κ1) is 12.5. The van der Waals surface area contributed by atoms with Crippen molar-refractivity contribution in [1.82, 2.24) is 20.2 Å². The summed E-state index contributed by atoms with van der Waals surface area (Å²) < 4.78 is 0. The molecule has 1 aliphatic carbocycles. The molecule has 0 radical (unpaired) electrons. The topological polar surface area (TPSA) is 61.0 Å². The summed E-state index contributed by atoms with van der Waals surface area (Å²) in [6.45, 7) is 1.67. The van der Waals surface area contributed by atoms with Crippen LogP contribution in [0.2, 0.25) is 0 Å². The van der Waals surface area contributed by atoms with E-state index in [1.807, 2.05) is 11.1 Å². The van der Waals surface area contributed by atoms with Crippen molar-refractivity contribution in [2.24, 2.45) is 0 Å². The highest BCUT2D eigenvalue weighted by Crippen LogP contribution is 2.25. The third kappa shape index (κ3) is 2.91. The number of hydrogen-bond acceptors (Lipinski definition) is 2. The smallest absolute Gasteiger partial charge is 0.317 e. The summed E-state index contributed by atoms with van der Waals surface area (Å²) >= 11 is 0. The van der Waals surface area contributed by atoms with Gasteiger partial charge in [0.25, 0.3) is 0 Å². The molecule has 1 aliphatic heterocycles. The fraction of sp³-hybridized carbons (Fsp3) is 0.714. The molecule has 0 aromatic carbocycles. The molecular weight excluding hydrogens is 240 g/mol. The molecule has 0 atom stereocenters. The van der Waals surface area contributed by atoms with Gasteiger partial charge in [-0.25, -0.2) is 9.78 Å². The average molecular weight is 262 g/mol. The van der Waals surface area contributed by atoms with Crippen molar-refractivity contribution in [2.45, 2.75) is 50.5 Å². The van der Waals surface area contributed by atoms with E-state index in [0.717, 1.165) is 44.6 Å². The number of H-pyrrole nitrogens is 1. The number of piperidine rings is 1. The molecule has 0 bridgehead atoms. The zero-order valence-corrected chi connectivity index (χ0v) is 11.3. The van der Waals surface area contributed by atoms with Gasteiger partial charge >= 0.3 is 6.03 Å². The lowest BCUT2D eigenvalue weighted by molar-refractivity contribution is 0.177. The highest BCUT2D eigenvalue weighted by molar-refractivity contribution is 5.74. The third-order valence-corrected chi connectivity index (χ3v) is 4.37. The van der Waals surface area contributed by atoms with Crippen molar-refractivity contribution < 1.29 is 4.79 Å². The Morgan fingerprint density at radius 2 is 2.00 bits per heavy atom. The number of carbonyl (C=O) groups is 1. The van der Waals surface area contributed by atoms with Gasteiger partial charge in [-0.15, -0.1) is 0 Å². The molecule has 1 aromatic rings. The van der Waals surface area contributed by atoms with Gasteiger partial charge < -0.3 is 15.2 Å². The van der Waals surface area contributed by atoms with Crippen LogP contribution in [0, 0.1) is 0 Å². The number of carbonyl (C=O) groups excluding carboxylic acids is 1. The van der Waals surface area contributed by atoms with Crippen LogP contribution >= 0.6 is 0 Å². The monoisotopic (exact) mass is 262 g/mol. The molecule has 19 heavy (non-hydrogen) atoms. The lowest BCUT2D eigenvalue weighted by atomic mass is 9.96. The quantitative estimate of drug-likeness (QED) is 0.858. The number of nitrogens with one attached hydrogen (secondary N) is 2. The molecule has 2 fully saturated rings. The number of rotatable bonds is 2. The van der Waals surface area contributed by atoms with E-state index in [4.69, 9.17) is 0 Å². The van der Waals surface area contributed by atoms with E-state index >= 15 is 0 Å². The summed E-state index contributed by atoms with van der Waals surface area (Å²) in [4.78, 5) is 21.6. The van der Waals surface area contributed by atoms with Crippen LogP contribution in [0.1, 0.15) is 50.3 Å².